The third-order valence-corrected chi connectivity index (χ3v) is 2.66. The molecule has 1 aromatic carbocycles. The number of benzene rings is 1. The maximum atomic E-state index is 11.7. The van der Waals surface area contributed by atoms with Gasteiger partial charge in [0.05, 0.1) is 5.69 Å². The van der Waals surface area contributed by atoms with Crippen LogP contribution in [-0.4, -0.2) is 11.8 Å². The number of aryl methyl sites for hydroxylation is 1. The first kappa shape index (κ1) is 9.90. The molecule has 0 saturated carbocycles. The van der Waals surface area contributed by atoms with Crippen molar-refractivity contribution in [2.45, 2.75) is 20.3 Å². The molecule has 15 heavy (non-hydrogen) atoms. The largest absolute Gasteiger partial charge is 0.274 e. The number of hydrogen-bond acceptors (Lipinski definition) is 2. The van der Waals surface area contributed by atoms with Crippen LogP contribution in [0.3, 0.4) is 0 Å². The van der Waals surface area contributed by atoms with Crippen LogP contribution in [0.15, 0.2) is 24.3 Å². The number of carbonyl (C=O) groups excluding carboxylic acids is 2. The number of hydrogen-bond donors (Lipinski definition) is 0. The SMILES string of the molecule is Cc1ccc(N2C(=O)CC(C)C2=O)cc1. The predicted molar refractivity (Wildman–Crippen MR) is 57.5 cm³/mol. The molecule has 1 aromatic rings. The summed E-state index contributed by atoms with van der Waals surface area (Å²) < 4.78 is 0. The van der Waals surface area contributed by atoms with Gasteiger partial charge in [0.15, 0.2) is 0 Å². The quantitative estimate of drug-likeness (QED) is 0.654. The Hall–Kier alpha value is -1.64. The molecule has 0 aromatic heterocycles. The Labute approximate surface area is 88.7 Å². The number of anilines is 1. The minimum Gasteiger partial charge on any atom is -0.274 e. The average molecular weight is 203 g/mol. The number of carbonyl (C=O) groups is 2. The first-order chi connectivity index (χ1) is 7.09. The van der Waals surface area contributed by atoms with E-state index in [2.05, 4.69) is 0 Å². The summed E-state index contributed by atoms with van der Waals surface area (Å²) >= 11 is 0. The molecule has 1 saturated heterocycles. The van der Waals surface area contributed by atoms with Crippen molar-refractivity contribution >= 4 is 17.5 Å². The zero-order chi connectivity index (χ0) is 11.0. The molecule has 1 fully saturated rings. The molecule has 1 atom stereocenters. The molecular weight excluding hydrogens is 190 g/mol. The summed E-state index contributed by atoms with van der Waals surface area (Å²) in [4.78, 5) is 24.6. The van der Waals surface area contributed by atoms with Crippen LogP contribution in [0, 0.1) is 12.8 Å². The van der Waals surface area contributed by atoms with Gasteiger partial charge in [-0.25, -0.2) is 0 Å². The molecule has 0 bridgehead atoms. The Morgan fingerprint density at radius 2 is 1.80 bits per heavy atom. The van der Waals surface area contributed by atoms with E-state index < -0.39 is 0 Å². The van der Waals surface area contributed by atoms with Gasteiger partial charge in [-0.3, -0.25) is 14.5 Å². The van der Waals surface area contributed by atoms with Crippen molar-refractivity contribution in [1.82, 2.24) is 0 Å². The Balaban J connectivity index is 2.35. The summed E-state index contributed by atoms with van der Waals surface area (Å²) in [7, 11) is 0. The van der Waals surface area contributed by atoms with E-state index in [0.717, 1.165) is 5.56 Å². The van der Waals surface area contributed by atoms with Gasteiger partial charge in [-0.15, -0.1) is 0 Å². The maximum absolute atomic E-state index is 11.7. The third-order valence-electron chi connectivity index (χ3n) is 2.66. The van der Waals surface area contributed by atoms with Gasteiger partial charge >= 0.3 is 0 Å². The van der Waals surface area contributed by atoms with Crippen molar-refractivity contribution in [2.75, 3.05) is 4.90 Å². The lowest BCUT2D eigenvalue weighted by atomic mass is 10.1. The second kappa shape index (κ2) is 3.50. The highest BCUT2D eigenvalue weighted by molar-refractivity contribution is 6.20. The highest BCUT2D eigenvalue weighted by Crippen LogP contribution is 2.25. The molecule has 0 radical (unpaired) electrons. The molecule has 2 amide bonds. The lowest BCUT2D eigenvalue weighted by molar-refractivity contribution is -0.122. The van der Waals surface area contributed by atoms with E-state index in [1.807, 2.05) is 31.2 Å². The van der Waals surface area contributed by atoms with Gasteiger partial charge in [-0.2, -0.15) is 0 Å². The first-order valence-corrected chi connectivity index (χ1v) is 5.03. The fourth-order valence-electron chi connectivity index (χ4n) is 1.75. The van der Waals surface area contributed by atoms with Crippen LogP contribution in [0.2, 0.25) is 0 Å². The van der Waals surface area contributed by atoms with Crippen molar-refractivity contribution in [1.29, 1.82) is 0 Å². The monoisotopic (exact) mass is 203 g/mol. The molecule has 0 N–H and O–H groups in total. The van der Waals surface area contributed by atoms with Crippen molar-refractivity contribution < 1.29 is 9.59 Å². The van der Waals surface area contributed by atoms with Gasteiger partial charge in [0, 0.05) is 12.3 Å². The number of imide groups is 1. The molecule has 3 heteroatoms. The van der Waals surface area contributed by atoms with Crippen LogP contribution >= 0.6 is 0 Å². The molecule has 1 unspecified atom stereocenters. The Bertz CT molecular complexity index is 408. The van der Waals surface area contributed by atoms with Crippen molar-refractivity contribution in [2.24, 2.45) is 5.92 Å². The van der Waals surface area contributed by atoms with Crippen LogP contribution in [0.1, 0.15) is 18.9 Å². The van der Waals surface area contributed by atoms with Crippen molar-refractivity contribution in [3.05, 3.63) is 29.8 Å². The average Bonchev–Trinajstić information content (AvgIpc) is 2.44. The summed E-state index contributed by atoms with van der Waals surface area (Å²) in [5.74, 6) is -0.376. The van der Waals surface area contributed by atoms with Crippen LogP contribution in [0.4, 0.5) is 5.69 Å². The van der Waals surface area contributed by atoms with Crippen molar-refractivity contribution in [3.8, 4) is 0 Å². The molecule has 0 spiro atoms. The van der Waals surface area contributed by atoms with Gasteiger partial charge < -0.3 is 0 Å². The first-order valence-electron chi connectivity index (χ1n) is 5.03. The summed E-state index contributed by atoms with van der Waals surface area (Å²) in [5.41, 5.74) is 1.80. The zero-order valence-electron chi connectivity index (χ0n) is 8.86. The Kier molecular flexibility index (Phi) is 2.31. The maximum Gasteiger partial charge on any atom is 0.237 e. The molecule has 3 nitrogen and oxygen atoms in total. The molecule has 1 heterocycles. The molecule has 78 valence electrons. The van der Waals surface area contributed by atoms with E-state index in [1.54, 1.807) is 6.92 Å². The standard InChI is InChI=1S/C12H13NO2/c1-8-3-5-10(6-4-8)13-11(14)7-9(2)12(13)15/h3-6,9H,7H2,1-2H3. The van der Waals surface area contributed by atoms with Crippen LogP contribution in [0.5, 0.6) is 0 Å². The van der Waals surface area contributed by atoms with E-state index in [-0.39, 0.29) is 17.7 Å². The number of rotatable bonds is 1. The predicted octanol–water partition coefficient (Wildman–Crippen LogP) is 1.89. The summed E-state index contributed by atoms with van der Waals surface area (Å²) in [6.45, 7) is 3.76. The van der Waals surface area contributed by atoms with Crippen molar-refractivity contribution in [3.63, 3.8) is 0 Å². The smallest absolute Gasteiger partial charge is 0.237 e. The summed E-state index contributed by atoms with van der Waals surface area (Å²) in [6, 6.07) is 7.42. The fourth-order valence-corrected chi connectivity index (χ4v) is 1.75. The van der Waals surface area contributed by atoms with Gasteiger partial charge in [0.2, 0.25) is 11.8 Å². The number of nitrogens with zero attached hydrogens (tertiary/aromatic N) is 1. The summed E-state index contributed by atoms with van der Waals surface area (Å²) in [5, 5.41) is 0. The van der Waals surface area contributed by atoms with Gasteiger partial charge in [-0.05, 0) is 19.1 Å². The lowest BCUT2D eigenvalue weighted by Gasteiger charge is -2.14. The summed E-state index contributed by atoms with van der Waals surface area (Å²) in [6.07, 6.45) is 0.326. The van der Waals surface area contributed by atoms with Crippen LogP contribution < -0.4 is 4.90 Å². The van der Waals surface area contributed by atoms with E-state index in [1.165, 1.54) is 4.90 Å². The highest BCUT2D eigenvalue weighted by atomic mass is 16.2. The van der Waals surface area contributed by atoms with Crippen LogP contribution in [0.25, 0.3) is 0 Å². The van der Waals surface area contributed by atoms with Gasteiger partial charge in [0.25, 0.3) is 0 Å². The van der Waals surface area contributed by atoms with E-state index >= 15 is 0 Å². The Morgan fingerprint density at radius 1 is 1.20 bits per heavy atom. The van der Waals surface area contributed by atoms with Gasteiger partial charge in [0.1, 0.15) is 0 Å². The zero-order valence-corrected chi connectivity index (χ0v) is 8.86. The topological polar surface area (TPSA) is 37.4 Å². The van der Waals surface area contributed by atoms with Gasteiger partial charge in [-0.1, -0.05) is 24.6 Å². The normalized spacial score (nSPS) is 21.2. The highest BCUT2D eigenvalue weighted by Gasteiger charge is 2.36. The van der Waals surface area contributed by atoms with E-state index in [9.17, 15) is 9.59 Å². The number of amides is 2. The lowest BCUT2D eigenvalue weighted by Crippen LogP contribution is -2.29. The molecule has 1 aliphatic heterocycles. The molecular formula is C12H13NO2. The Morgan fingerprint density at radius 3 is 2.27 bits per heavy atom. The third kappa shape index (κ3) is 1.65. The van der Waals surface area contributed by atoms with Crippen LogP contribution in [-0.2, 0) is 9.59 Å². The fraction of sp³-hybridized carbons (Fsp3) is 0.333. The minimum atomic E-state index is -0.182. The minimum absolute atomic E-state index is 0.0937. The molecule has 0 aliphatic carbocycles. The van der Waals surface area contributed by atoms with E-state index in [0.29, 0.717) is 12.1 Å². The second-order valence-electron chi connectivity index (χ2n) is 4.01. The van der Waals surface area contributed by atoms with E-state index in [4.69, 9.17) is 0 Å². The molecule has 1 aliphatic rings. The second-order valence-corrected chi connectivity index (χ2v) is 4.01. The molecule has 2 rings (SSSR count).